The van der Waals surface area contributed by atoms with Gasteiger partial charge in [0.2, 0.25) is 0 Å². The van der Waals surface area contributed by atoms with E-state index in [1.807, 2.05) is 30.0 Å². The lowest BCUT2D eigenvalue weighted by atomic mass is 9.96. The minimum Gasteiger partial charge on any atom is -0.383 e. The van der Waals surface area contributed by atoms with Crippen molar-refractivity contribution in [3.05, 3.63) is 41.1 Å². The first-order valence-electron chi connectivity index (χ1n) is 6.68. The summed E-state index contributed by atoms with van der Waals surface area (Å²) in [4.78, 5) is 5.40. The standard InChI is InChI=1S/C16H12N4S2/c17-7-10-3-1-2-4-11(10)14-12(8-18)16(19)20-13-9-21-5-6-22-15(13)14/h1-4H,5-6,9H2,(H2,19,20). The summed E-state index contributed by atoms with van der Waals surface area (Å²) < 4.78 is 0. The molecule has 0 saturated heterocycles. The zero-order chi connectivity index (χ0) is 15.5. The van der Waals surface area contributed by atoms with Gasteiger partial charge in [-0.25, -0.2) is 4.98 Å². The van der Waals surface area contributed by atoms with Crippen molar-refractivity contribution in [2.24, 2.45) is 0 Å². The fourth-order valence-electron chi connectivity index (χ4n) is 2.43. The van der Waals surface area contributed by atoms with Crippen molar-refractivity contribution in [3.8, 4) is 23.3 Å². The van der Waals surface area contributed by atoms with E-state index < -0.39 is 0 Å². The van der Waals surface area contributed by atoms with Crippen LogP contribution in [0.4, 0.5) is 5.82 Å². The number of pyridine rings is 1. The third-order valence-corrected chi connectivity index (χ3v) is 5.76. The number of hydrogen-bond acceptors (Lipinski definition) is 6. The van der Waals surface area contributed by atoms with Crippen molar-refractivity contribution in [2.75, 3.05) is 17.2 Å². The van der Waals surface area contributed by atoms with Crippen LogP contribution in [0.2, 0.25) is 0 Å². The summed E-state index contributed by atoms with van der Waals surface area (Å²) in [6, 6.07) is 11.7. The molecule has 0 atom stereocenters. The van der Waals surface area contributed by atoms with Gasteiger partial charge in [-0.05, 0) is 6.07 Å². The summed E-state index contributed by atoms with van der Waals surface area (Å²) in [5.74, 6) is 3.00. The van der Waals surface area contributed by atoms with Crippen LogP contribution in [0.15, 0.2) is 29.2 Å². The molecule has 1 aliphatic rings. The second kappa shape index (κ2) is 6.31. The van der Waals surface area contributed by atoms with E-state index in [-0.39, 0.29) is 5.82 Å². The predicted octanol–water partition coefficient (Wildman–Crippen LogP) is 3.41. The van der Waals surface area contributed by atoms with Gasteiger partial charge in [0.25, 0.3) is 0 Å². The maximum Gasteiger partial charge on any atom is 0.142 e. The third-order valence-electron chi connectivity index (χ3n) is 3.39. The highest BCUT2D eigenvalue weighted by atomic mass is 32.2. The van der Waals surface area contributed by atoms with Crippen molar-refractivity contribution < 1.29 is 0 Å². The van der Waals surface area contributed by atoms with Crippen molar-refractivity contribution >= 4 is 29.3 Å². The quantitative estimate of drug-likeness (QED) is 0.865. The molecule has 0 amide bonds. The van der Waals surface area contributed by atoms with Crippen molar-refractivity contribution in [1.82, 2.24) is 4.98 Å². The Balaban J connectivity index is 2.37. The topological polar surface area (TPSA) is 86.5 Å². The summed E-state index contributed by atoms with van der Waals surface area (Å²) in [6.07, 6.45) is 0. The number of benzene rings is 1. The Morgan fingerprint density at radius 2 is 1.95 bits per heavy atom. The molecule has 2 heterocycles. The average molecular weight is 324 g/mol. The molecular formula is C16H12N4S2. The van der Waals surface area contributed by atoms with Crippen LogP contribution in [0.5, 0.6) is 0 Å². The molecule has 0 aliphatic carbocycles. The highest BCUT2D eigenvalue weighted by molar-refractivity contribution is 8.03. The maximum atomic E-state index is 9.53. The van der Waals surface area contributed by atoms with Gasteiger partial charge in [0.15, 0.2) is 0 Å². The first-order valence-corrected chi connectivity index (χ1v) is 8.82. The Morgan fingerprint density at radius 1 is 1.14 bits per heavy atom. The molecule has 3 rings (SSSR count). The van der Waals surface area contributed by atoms with Crippen LogP contribution in [-0.2, 0) is 5.75 Å². The van der Waals surface area contributed by atoms with E-state index in [0.717, 1.165) is 39.0 Å². The summed E-state index contributed by atoms with van der Waals surface area (Å²) in [7, 11) is 0. The molecular weight excluding hydrogens is 312 g/mol. The number of nitriles is 2. The number of anilines is 1. The summed E-state index contributed by atoms with van der Waals surface area (Å²) in [5.41, 5.74) is 9.33. The van der Waals surface area contributed by atoms with Gasteiger partial charge in [-0.15, -0.1) is 11.8 Å². The van der Waals surface area contributed by atoms with Gasteiger partial charge in [-0.2, -0.15) is 22.3 Å². The van der Waals surface area contributed by atoms with Crippen LogP contribution in [0.3, 0.4) is 0 Å². The lowest BCUT2D eigenvalue weighted by Crippen LogP contribution is -2.04. The number of aromatic nitrogens is 1. The number of nitrogen functional groups attached to an aromatic ring is 1. The molecule has 0 saturated carbocycles. The lowest BCUT2D eigenvalue weighted by molar-refractivity contribution is 1.10. The number of hydrogen-bond donors (Lipinski definition) is 1. The second-order valence-corrected chi connectivity index (χ2v) is 6.90. The van der Waals surface area contributed by atoms with E-state index in [1.165, 1.54) is 0 Å². The van der Waals surface area contributed by atoms with Crippen LogP contribution in [-0.4, -0.2) is 16.5 Å². The number of fused-ring (bicyclic) bond motifs is 1. The first kappa shape index (κ1) is 14.8. The third kappa shape index (κ3) is 2.52. The van der Waals surface area contributed by atoms with E-state index in [2.05, 4.69) is 17.1 Å². The molecule has 1 aromatic carbocycles. The monoisotopic (exact) mass is 324 g/mol. The lowest BCUT2D eigenvalue weighted by Gasteiger charge is -2.15. The van der Waals surface area contributed by atoms with Gasteiger partial charge in [-0.1, -0.05) is 18.2 Å². The summed E-state index contributed by atoms with van der Waals surface area (Å²) in [6.45, 7) is 0. The minimum atomic E-state index is 0.243. The van der Waals surface area contributed by atoms with Gasteiger partial charge < -0.3 is 5.73 Å². The Kier molecular flexibility index (Phi) is 4.24. The van der Waals surface area contributed by atoms with E-state index in [4.69, 9.17) is 5.73 Å². The number of nitrogens with two attached hydrogens (primary N) is 1. The Morgan fingerprint density at radius 3 is 2.73 bits per heavy atom. The molecule has 0 bridgehead atoms. The number of nitrogens with zero attached hydrogens (tertiary/aromatic N) is 3. The zero-order valence-corrected chi connectivity index (χ0v) is 13.3. The molecule has 0 fully saturated rings. The second-order valence-electron chi connectivity index (χ2n) is 4.69. The predicted molar refractivity (Wildman–Crippen MR) is 90.4 cm³/mol. The molecule has 0 radical (unpaired) electrons. The van der Waals surface area contributed by atoms with Crippen LogP contribution < -0.4 is 5.73 Å². The maximum absolute atomic E-state index is 9.53. The van der Waals surface area contributed by atoms with Crippen molar-refractivity contribution in [3.63, 3.8) is 0 Å². The van der Waals surface area contributed by atoms with E-state index in [1.54, 1.807) is 17.8 Å². The van der Waals surface area contributed by atoms with Gasteiger partial charge in [0.05, 0.1) is 17.3 Å². The molecule has 4 nitrogen and oxygen atoms in total. The molecule has 108 valence electrons. The van der Waals surface area contributed by atoms with Gasteiger partial charge in [0.1, 0.15) is 17.5 Å². The fraction of sp³-hybridized carbons (Fsp3) is 0.188. The number of rotatable bonds is 1. The van der Waals surface area contributed by atoms with Crippen LogP contribution in [0.1, 0.15) is 16.8 Å². The first-order chi connectivity index (χ1) is 10.8. The smallest absolute Gasteiger partial charge is 0.142 e. The van der Waals surface area contributed by atoms with Crippen molar-refractivity contribution in [1.29, 1.82) is 10.5 Å². The van der Waals surface area contributed by atoms with Gasteiger partial charge in [0, 0.05) is 33.3 Å². The molecule has 1 aromatic heterocycles. The van der Waals surface area contributed by atoms with Gasteiger partial charge >= 0.3 is 0 Å². The molecule has 1 aliphatic heterocycles. The minimum absolute atomic E-state index is 0.243. The Bertz CT molecular complexity index is 818. The van der Waals surface area contributed by atoms with Crippen LogP contribution in [0.25, 0.3) is 11.1 Å². The SMILES string of the molecule is N#Cc1ccccc1-c1c(C#N)c(N)nc2c1SCCSC2. The number of thioether (sulfide) groups is 2. The Labute approximate surface area is 137 Å². The van der Waals surface area contributed by atoms with Crippen LogP contribution >= 0.6 is 23.5 Å². The molecule has 6 heteroatoms. The van der Waals surface area contributed by atoms with Crippen LogP contribution in [0, 0.1) is 22.7 Å². The zero-order valence-electron chi connectivity index (χ0n) is 11.7. The summed E-state index contributed by atoms with van der Waals surface area (Å²) >= 11 is 3.50. The summed E-state index contributed by atoms with van der Waals surface area (Å²) in [5, 5.41) is 18.9. The fourth-order valence-corrected chi connectivity index (χ4v) is 4.72. The largest absolute Gasteiger partial charge is 0.383 e. The van der Waals surface area contributed by atoms with Gasteiger partial charge in [-0.3, -0.25) is 0 Å². The molecule has 0 unspecified atom stereocenters. The molecule has 22 heavy (non-hydrogen) atoms. The Hall–Kier alpha value is -2.15. The normalized spacial score (nSPS) is 13.5. The molecule has 0 spiro atoms. The molecule has 2 aromatic rings. The van der Waals surface area contributed by atoms with E-state index >= 15 is 0 Å². The van der Waals surface area contributed by atoms with E-state index in [0.29, 0.717) is 11.1 Å². The molecule has 2 N–H and O–H groups in total. The van der Waals surface area contributed by atoms with E-state index in [9.17, 15) is 10.5 Å². The highest BCUT2D eigenvalue weighted by Gasteiger charge is 2.23. The average Bonchev–Trinajstić information content (AvgIpc) is 2.78. The van der Waals surface area contributed by atoms with Crippen molar-refractivity contribution in [2.45, 2.75) is 10.6 Å². The highest BCUT2D eigenvalue weighted by Crippen LogP contribution is 2.42.